The van der Waals surface area contributed by atoms with Crippen LogP contribution in [0, 0.1) is 5.92 Å². The summed E-state index contributed by atoms with van der Waals surface area (Å²) in [5.41, 5.74) is 0.881. The molecule has 1 aromatic rings. The number of carbonyl (C=O) groups is 1. The van der Waals surface area contributed by atoms with Crippen molar-refractivity contribution < 1.29 is 4.79 Å². The van der Waals surface area contributed by atoms with Gasteiger partial charge in [-0.15, -0.1) is 5.10 Å². The molecule has 0 aliphatic carbocycles. The Labute approximate surface area is 120 Å². The van der Waals surface area contributed by atoms with E-state index in [2.05, 4.69) is 29.5 Å². The maximum Gasteiger partial charge on any atom is 0.247 e. The summed E-state index contributed by atoms with van der Waals surface area (Å²) < 4.78 is 1.67. The number of hydrogen-bond acceptors (Lipinski definition) is 4. The summed E-state index contributed by atoms with van der Waals surface area (Å²) in [6.07, 6.45) is 4.09. The SMILES string of the molecule is CC(C)CNCc1cn(C(C)C(=O)N2CCCC2)nn1. The molecule has 1 aliphatic rings. The summed E-state index contributed by atoms with van der Waals surface area (Å²) in [6, 6.07) is -0.264. The van der Waals surface area contributed by atoms with Gasteiger partial charge in [-0.2, -0.15) is 0 Å². The summed E-state index contributed by atoms with van der Waals surface area (Å²) in [7, 11) is 0. The number of amides is 1. The molecule has 0 aromatic carbocycles. The molecule has 20 heavy (non-hydrogen) atoms. The van der Waals surface area contributed by atoms with Gasteiger partial charge in [0.2, 0.25) is 5.91 Å². The van der Waals surface area contributed by atoms with Crippen LogP contribution in [0.1, 0.15) is 45.3 Å². The molecule has 0 radical (unpaired) electrons. The molecule has 1 aromatic heterocycles. The Morgan fingerprint density at radius 2 is 2.05 bits per heavy atom. The summed E-state index contributed by atoms with van der Waals surface area (Å²) in [6.45, 7) is 9.63. The lowest BCUT2D eigenvalue weighted by Crippen LogP contribution is -2.34. The van der Waals surface area contributed by atoms with Crippen LogP contribution in [-0.2, 0) is 11.3 Å². The topological polar surface area (TPSA) is 63.1 Å². The van der Waals surface area contributed by atoms with E-state index in [9.17, 15) is 4.79 Å². The zero-order valence-corrected chi connectivity index (χ0v) is 12.7. The molecular formula is C14H25N5O. The van der Waals surface area contributed by atoms with Crippen molar-refractivity contribution in [1.29, 1.82) is 0 Å². The monoisotopic (exact) mass is 279 g/mol. The molecule has 1 atom stereocenters. The zero-order chi connectivity index (χ0) is 14.5. The number of rotatable bonds is 6. The van der Waals surface area contributed by atoms with Crippen LogP contribution in [-0.4, -0.2) is 45.4 Å². The van der Waals surface area contributed by atoms with E-state index in [1.165, 1.54) is 0 Å². The molecule has 1 unspecified atom stereocenters. The highest BCUT2D eigenvalue weighted by molar-refractivity contribution is 5.80. The largest absolute Gasteiger partial charge is 0.341 e. The van der Waals surface area contributed by atoms with Crippen molar-refractivity contribution in [1.82, 2.24) is 25.2 Å². The van der Waals surface area contributed by atoms with Crippen molar-refractivity contribution in [3.8, 4) is 0 Å². The fraction of sp³-hybridized carbons (Fsp3) is 0.786. The summed E-state index contributed by atoms with van der Waals surface area (Å²) >= 11 is 0. The van der Waals surface area contributed by atoms with Crippen molar-refractivity contribution in [3.63, 3.8) is 0 Å². The third kappa shape index (κ3) is 3.79. The highest BCUT2D eigenvalue weighted by atomic mass is 16.2. The second-order valence-corrected chi connectivity index (χ2v) is 5.92. The van der Waals surface area contributed by atoms with E-state index in [0.717, 1.165) is 38.2 Å². The predicted octanol–water partition coefficient (Wildman–Crippen LogP) is 1.21. The fourth-order valence-electron chi connectivity index (χ4n) is 2.39. The Balaban J connectivity index is 1.88. The van der Waals surface area contributed by atoms with Crippen molar-refractivity contribution in [2.75, 3.05) is 19.6 Å². The van der Waals surface area contributed by atoms with Gasteiger partial charge in [0.05, 0.1) is 11.9 Å². The van der Waals surface area contributed by atoms with Gasteiger partial charge in [0.15, 0.2) is 0 Å². The minimum Gasteiger partial charge on any atom is -0.341 e. The van der Waals surface area contributed by atoms with Crippen LogP contribution >= 0.6 is 0 Å². The van der Waals surface area contributed by atoms with Gasteiger partial charge in [0, 0.05) is 19.6 Å². The quantitative estimate of drug-likeness (QED) is 0.850. The van der Waals surface area contributed by atoms with Crippen LogP contribution in [0.15, 0.2) is 6.20 Å². The number of likely N-dealkylation sites (tertiary alicyclic amines) is 1. The first-order valence-electron chi connectivity index (χ1n) is 7.48. The molecule has 6 nitrogen and oxygen atoms in total. The Kier molecular flexibility index (Phi) is 5.11. The Bertz CT molecular complexity index is 437. The van der Waals surface area contributed by atoms with Crippen LogP contribution in [0.25, 0.3) is 0 Å². The molecule has 2 heterocycles. The van der Waals surface area contributed by atoms with E-state index in [0.29, 0.717) is 12.5 Å². The van der Waals surface area contributed by atoms with E-state index < -0.39 is 0 Å². The molecule has 6 heteroatoms. The van der Waals surface area contributed by atoms with Gasteiger partial charge in [-0.1, -0.05) is 19.1 Å². The second-order valence-electron chi connectivity index (χ2n) is 5.92. The summed E-state index contributed by atoms with van der Waals surface area (Å²) in [4.78, 5) is 14.2. The number of aromatic nitrogens is 3. The average Bonchev–Trinajstić information content (AvgIpc) is 3.07. The molecule has 112 valence electrons. The maximum atomic E-state index is 12.3. The molecule has 1 aliphatic heterocycles. The first-order chi connectivity index (χ1) is 9.58. The van der Waals surface area contributed by atoms with Crippen molar-refractivity contribution in [3.05, 3.63) is 11.9 Å². The van der Waals surface area contributed by atoms with E-state index in [1.54, 1.807) is 4.68 Å². The van der Waals surface area contributed by atoms with Gasteiger partial charge in [0.25, 0.3) is 0 Å². The number of nitrogens with one attached hydrogen (secondary N) is 1. The molecule has 2 rings (SSSR count). The van der Waals surface area contributed by atoms with E-state index >= 15 is 0 Å². The van der Waals surface area contributed by atoms with Gasteiger partial charge in [-0.25, -0.2) is 4.68 Å². The first kappa shape index (κ1) is 15.0. The van der Waals surface area contributed by atoms with E-state index in [4.69, 9.17) is 0 Å². The highest BCUT2D eigenvalue weighted by Crippen LogP contribution is 2.15. The van der Waals surface area contributed by atoms with E-state index in [1.807, 2.05) is 18.0 Å². The molecule has 1 saturated heterocycles. The highest BCUT2D eigenvalue weighted by Gasteiger charge is 2.25. The summed E-state index contributed by atoms with van der Waals surface area (Å²) in [5, 5.41) is 11.5. The van der Waals surface area contributed by atoms with Crippen LogP contribution in [0.5, 0.6) is 0 Å². The third-order valence-electron chi connectivity index (χ3n) is 3.59. The second kappa shape index (κ2) is 6.83. The van der Waals surface area contributed by atoms with Crippen LogP contribution in [0.2, 0.25) is 0 Å². The van der Waals surface area contributed by atoms with Crippen LogP contribution in [0.3, 0.4) is 0 Å². The maximum absolute atomic E-state index is 12.3. The van der Waals surface area contributed by atoms with Gasteiger partial charge in [-0.3, -0.25) is 4.79 Å². The molecule has 0 saturated carbocycles. The lowest BCUT2D eigenvalue weighted by molar-refractivity contribution is -0.133. The molecule has 1 fully saturated rings. The Hall–Kier alpha value is -1.43. The molecule has 1 amide bonds. The minimum absolute atomic E-state index is 0.147. The third-order valence-corrected chi connectivity index (χ3v) is 3.59. The van der Waals surface area contributed by atoms with E-state index in [-0.39, 0.29) is 11.9 Å². The lowest BCUT2D eigenvalue weighted by atomic mass is 10.2. The number of nitrogens with zero attached hydrogens (tertiary/aromatic N) is 4. The fourth-order valence-corrected chi connectivity index (χ4v) is 2.39. The summed E-state index contributed by atoms with van der Waals surface area (Å²) in [5.74, 6) is 0.759. The molecule has 1 N–H and O–H groups in total. The normalized spacial score (nSPS) is 16.9. The van der Waals surface area contributed by atoms with Gasteiger partial charge in [-0.05, 0) is 32.2 Å². The van der Waals surface area contributed by atoms with Crippen molar-refractivity contribution >= 4 is 5.91 Å². The number of hydrogen-bond donors (Lipinski definition) is 1. The number of carbonyl (C=O) groups excluding carboxylic acids is 1. The average molecular weight is 279 g/mol. The zero-order valence-electron chi connectivity index (χ0n) is 12.7. The van der Waals surface area contributed by atoms with Crippen LogP contribution < -0.4 is 5.32 Å². The first-order valence-corrected chi connectivity index (χ1v) is 7.48. The van der Waals surface area contributed by atoms with Gasteiger partial charge < -0.3 is 10.2 Å². The minimum atomic E-state index is -0.264. The van der Waals surface area contributed by atoms with Crippen LogP contribution in [0.4, 0.5) is 0 Å². The van der Waals surface area contributed by atoms with Gasteiger partial charge in [0.1, 0.15) is 6.04 Å². The lowest BCUT2D eigenvalue weighted by Gasteiger charge is -2.19. The van der Waals surface area contributed by atoms with Gasteiger partial charge >= 0.3 is 0 Å². The Morgan fingerprint density at radius 1 is 1.35 bits per heavy atom. The molecule has 0 spiro atoms. The van der Waals surface area contributed by atoms with Crippen molar-refractivity contribution in [2.24, 2.45) is 5.92 Å². The molecular weight excluding hydrogens is 254 g/mol. The predicted molar refractivity (Wildman–Crippen MR) is 77.1 cm³/mol. The van der Waals surface area contributed by atoms with Crippen molar-refractivity contribution in [2.45, 2.75) is 46.2 Å². The standard InChI is InChI=1S/C14H25N5O/c1-11(2)8-15-9-13-10-19(17-16-13)12(3)14(20)18-6-4-5-7-18/h10-12,15H,4-9H2,1-3H3. The Morgan fingerprint density at radius 3 is 2.70 bits per heavy atom. The smallest absolute Gasteiger partial charge is 0.247 e. The molecule has 0 bridgehead atoms.